The summed E-state index contributed by atoms with van der Waals surface area (Å²) >= 11 is 0.441. The molecule has 2 heterocycles. The van der Waals surface area contributed by atoms with Gasteiger partial charge in [-0.2, -0.15) is 13.9 Å². The number of nitrogens with zero attached hydrogens (tertiary/aromatic N) is 4. The van der Waals surface area contributed by atoms with Gasteiger partial charge >= 0.3 is 88.7 Å². The number of aromatic hydroxyl groups is 1. The smallest absolute Gasteiger partial charge is 0.691 e. The van der Waals surface area contributed by atoms with Gasteiger partial charge in [0.2, 0.25) is 11.6 Å². The molecule has 0 aliphatic rings. The summed E-state index contributed by atoms with van der Waals surface area (Å²) in [5, 5.41) is 57.8. The van der Waals surface area contributed by atoms with Crippen molar-refractivity contribution in [1.29, 1.82) is 0 Å². The number of azo groups is 1. The first-order valence-electron chi connectivity index (χ1n) is 8.69. The summed E-state index contributed by atoms with van der Waals surface area (Å²) in [5.41, 5.74) is -2.10. The molecule has 0 aliphatic heterocycles. The number of hydrogen-bond acceptors (Lipinski definition) is 13. The van der Waals surface area contributed by atoms with Crippen LogP contribution in [-0.2, 0) is 9.37 Å². The van der Waals surface area contributed by atoms with Crippen molar-refractivity contribution >= 4 is 51.9 Å². The zero-order chi connectivity index (χ0) is 23.7. The van der Waals surface area contributed by atoms with Gasteiger partial charge in [-0.3, -0.25) is 9.83 Å². The Kier molecular flexibility index (Phi) is 12.7. The molecule has 0 saturated heterocycles. The molecule has 0 saturated carbocycles. The van der Waals surface area contributed by atoms with Gasteiger partial charge in [0, 0.05) is 15.8 Å². The topological polar surface area (TPSA) is 217 Å². The third-order valence-corrected chi connectivity index (χ3v) is 4.94. The van der Waals surface area contributed by atoms with Gasteiger partial charge in [0.25, 0.3) is 5.56 Å². The van der Waals surface area contributed by atoms with Gasteiger partial charge in [0.1, 0.15) is 5.65 Å². The summed E-state index contributed by atoms with van der Waals surface area (Å²) in [4.78, 5) is 37.6. The number of benzene rings is 2. The fraction of sp³-hybridized carbons (Fsp3) is 0. The Morgan fingerprint density at radius 3 is 2.42 bits per heavy atom. The van der Waals surface area contributed by atoms with Gasteiger partial charge in [-0.25, -0.2) is 0 Å². The number of fused-ring (bicyclic) bond motifs is 3. The minimum Gasteiger partial charge on any atom is -0.691 e. The largest absolute Gasteiger partial charge is 1.00 e. The molecule has 2 N–H and O–H groups in total. The molecule has 4 rings (SSSR count). The normalized spacial score (nSPS) is 10.6. The summed E-state index contributed by atoms with van der Waals surface area (Å²) in [5.74, 6) is -3.79. The molecule has 0 spiro atoms. The summed E-state index contributed by atoms with van der Waals surface area (Å²) in [6.07, 6.45) is 0. The molecular weight excluding hydrogens is 531 g/mol. The molecule has 0 aliphatic carbocycles. The molecule has 0 unspecified atom stereocenters. The van der Waals surface area contributed by atoms with E-state index in [1.807, 2.05) is 0 Å². The predicted molar refractivity (Wildman–Crippen MR) is 102 cm³/mol. The molecule has 4 aromatic rings. The van der Waals surface area contributed by atoms with E-state index < -0.39 is 34.6 Å². The average molecular weight is 539 g/mol. The quantitative estimate of drug-likeness (QED) is 0.0739. The second-order valence-corrected chi connectivity index (χ2v) is 7.07. The number of carbonyl (C=O) groups excluding carboxylic acids is 2. The Hall–Kier alpha value is -1.31. The maximum atomic E-state index is 12.5. The number of hydrogen-bond donors (Lipinski definition) is 2. The van der Waals surface area contributed by atoms with Gasteiger partial charge in [-0.1, -0.05) is 6.07 Å². The van der Waals surface area contributed by atoms with Crippen LogP contribution >= 0.6 is 12.0 Å². The fourth-order valence-electron chi connectivity index (χ4n) is 2.92. The van der Waals surface area contributed by atoms with Crippen LogP contribution in [-0.4, -0.2) is 31.6 Å². The van der Waals surface area contributed by atoms with Crippen molar-refractivity contribution in [1.82, 2.24) is 14.6 Å². The number of H-pyrrole nitrogens is 1. The van der Waals surface area contributed by atoms with Crippen LogP contribution < -0.4 is 110 Å². The first kappa shape index (κ1) is 32.7. The van der Waals surface area contributed by atoms with Crippen molar-refractivity contribution in [2.45, 2.75) is 4.90 Å². The maximum Gasteiger partial charge on any atom is 1.00 e. The summed E-state index contributed by atoms with van der Waals surface area (Å²) in [6, 6.07) is 7.41. The van der Waals surface area contributed by atoms with Crippen LogP contribution in [0.1, 0.15) is 20.7 Å². The molecular formula is C18H8N5Na3O9S. The number of aromatic nitrogens is 3. The number of nitrogens with one attached hydrogen (secondary N) is 1. The fourth-order valence-corrected chi connectivity index (χ4v) is 3.32. The molecule has 168 valence electrons. The van der Waals surface area contributed by atoms with E-state index in [0.717, 1.165) is 10.6 Å². The third-order valence-electron chi connectivity index (χ3n) is 4.37. The molecule has 18 heteroatoms. The van der Waals surface area contributed by atoms with Crippen LogP contribution in [0.4, 0.5) is 11.4 Å². The monoisotopic (exact) mass is 539 g/mol. The summed E-state index contributed by atoms with van der Waals surface area (Å²) in [6.45, 7) is 0. The van der Waals surface area contributed by atoms with Gasteiger partial charge < -0.3 is 35.1 Å². The molecule has 2 aromatic heterocycles. The molecule has 14 nitrogen and oxygen atoms in total. The van der Waals surface area contributed by atoms with Crippen molar-refractivity contribution in [2.24, 2.45) is 10.2 Å². The van der Waals surface area contributed by atoms with Gasteiger partial charge in [0.15, 0.2) is 0 Å². The first-order chi connectivity index (χ1) is 15.8. The van der Waals surface area contributed by atoms with E-state index in [0.29, 0.717) is 17.4 Å². The van der Waals surface area contributed by atoms with Crippen molar-refractivity contribution in [2.75, 3.05) is 0 Å². The number of carboxylic acids is 2. The Bertz CT molecular complexity index is 1530. The zero-order valence-corrected chi connectivity index (χ0v) is 25.7. The van der Waals surface area contributed by atoms with E-state index in [1.165, 1.54) is 30.3 Å². The van der Waals surface area contributed by atoms with Crippen LogP contribution in [0.25, 0.3) is 16.6 Å². The Morgan fingerprint density at radius 1 is 1.06 bits per heavy atom. The molecule has 36 heavy (non-hydrogen) atoms. The van der Waals surface area contributed by atoms with Crippen LogP contribution in [0, 0.1) is 0 Å². The maximum absolute atomic E-state index is 12.5. The van der Waals surface area contributed by atoms with Gasteiger partial charge in [-0.05, 0) is 35.9 Å². The second-order valence-electron chi connectivity index (χ2n) is 6.29. The molecule has 0 bridgehead atoms. The van der Waals surface area contributed by atoms with Gasteiger partial charge in [0.05, 0.1) is 35.2 Å². The Balaban J connectivity index is 0.00000216. The summed E-state index contributed by atoms with van der Waals surface area (Å²) < 4.78 is 5.03. The van der Waals surface area contributed by atoms with Crippen molar-refractivity contribution in [3.05, 3.63) is 57.9 Å². The number of carboxylic acid groups (broad SMARTS) is 2. The number of aromatic carboxylic acids is 2. The van der Waals surface area contributed by atoms with Crippen molar-refractivity contribution in [3.8, 4) is 5.88 Å². The Labute approximate surface area is 270 Å². The molecule has 0 fully saturated rings. The summed E-state index contributed by atoms with van der Waals surface area (Å²) in [7, 11) is 0. The molecule has 0 amide bonds. The van der Waals surface area contributed by atoms with Crippen LogP contribution in [0.15, 0.2) is 56.3 Å². The number of aromatic amines is 1. The van der Waals surface area contributed by atoms with E-state index in [-0.39, 0.29) is 116 Å². The standard InChI is InChI=1S/C18H11N5O9S.3Na/c24-15-13(21-20-11-4-2-8(33-32-31-30)6-10(11)18(28)29)16(25)23-14(19-15)9-3-1-7(17(26)27)5-12(9)22-23;;;/h1-6,25,30H,(H,19,24)(H,26,27)(H,28,29);;;/q;3*+1/p-3. The third kappa shape index (κ3) is 6.76. The SMILES string of the molecule is O=C([O-])c1ccc2c(c1)nn1c(O)c(N=Nc3ccc(SOO[O-])cc3C(=O)[O-])c(=O)[nH]c21.[Na+].[Na+].[Na+]. The van der Waals surface area contributed by atoms with Crippen molar-refractivity contribution in [3.63, 3.8) is 0 Å². The van der Waals surface area contributed by atoms with Crippen LogP contribution in [0.5, 0.6) is 5.88 Å². The van der Waals surface area contributed by atoms with E-state index in [2.05, 4.69) is 29.7 Å². The van der Waals surface area contributed by atoms with Crippen molar-refractivity contribution < 1.29 is 128 Å². The minimum atomic E-state index is -1.63. The van der Waals surface area contributed by atoms with Crippen LogP contribution in [0.3, 0.4) is 0 Å². The van der Waals surface area contributed by atoms with Gasteiger partial charge in [-0.15, -0.1) is 10.2 Å². The van der Waals surface area contributed by atoms with E-state index in [9.17, 15) is 35.0 Å². The second kappa shape index (κ2) is 14.0. The van der Waals surface area contributed by atoms with E-state index in [4.69, 9.17) is 0 Å². The van der Waals surface area contributed by atoms with Crippen LogP contribution in [0.2, 0.25) is 0 Å². The average Bonchev–Trinajstić information content (AvgIpc) is 3.15. The van der Waals surface area contributed by atoms with E-state index in [1.54, 1.807) is 0 Å². The molecule has 0 atom stereocenters. The number of rotatable bonds is 7. The molecule has 2 aromatic carbocycles. The number of carbonyl (C=O) groups is 2. The first-order valence-corrected chi connectivity index (χ1v) is 9.43. The minimum absolute atomic E-state index is 0. The zero-order valence-electron chi connectivity index (χ0n) is 18.9. The Morgan fingerprint density at radius 2 is 1.78 bits per heavy atom. The predicted octanol–water partition coefficient (Wildman–Crippen LogP) is -9.73. The van der Waals surface area contributed by atoms with E-state index >= 15 is 0 Å². The molecule has 0 radical (unpaired) electrons.